The first-order valence-electron chi connectivity index (χ1n) is 7.19. The molecule has 2 aromatic rings. The van der Waals surface area contributed by atoms with E-state index in [1.54, 1.807) is 0 Å². The van der Waals surface area contributed by atoms with Gasteiger partial charge in [0, 0.05) is 31.1 Å². The Kier molecular flexibility index (Phi) is 5.38. The molecule has 0 aromatic carbocycles. The smallest absolute Gasteiger partial charge is 0.159 e. The van der Waals surface area contributed by atoms with E-state index in [0.717, 1.165) is 42.9 Å². The van der Waals surface area contributed by atoms with Gasteiger partial charge in [0.15, 0.2) is 5.65 Å². The van der Waals surface area contributed by atoms with Gasteiger partial charge in [-0.3, -0.25) is 0 Å². The van der Waals surface area contributed by atoms with E-state index < -0.39 is 0 Å². The lowest BCUT2D eigenvalue weighted by molar-refractivity contribution is 0.265. The summed E-state index contributed by atoms with van der Waals surface area (Å²) in [6.45, 7) is 6.45. The molecule has 110 valence electrons. The third-order valence-corrected chi connectivity index (χ3v) is 3.86. The maximum atomic E-state index is 5.88. The topological polar surface area (TPSA) is 34.0 Å². The van der Waals surface area contributed by atoms with E-state index in [2.05, 4.69) is 40.3 Å². The van der Waals surface area contributed by atoms with Crippen LogP contribution in [0.3, 0.4) is 0 Å². The Balaban J connectivity index is 2.12. The number of nitrogens with zero attached hydrogens (tertiary/aromatic N) is 4. The third-order valence-electron chi connectivity index (χ3n) is 3.68. The van der Waals surface area contributed by atoms with Crippen LogP contribution in [-0.4, -0.2) is 44.9 Å². The molecule has 0 fully saturated rings. The van der Waals surface area contributed by atoms with Gasteiger partial charge < -0.3 is 9.47 Å². The highest BCUT2D eigenvalue weighted by molar-refractivity contribution is 6.17. The van der Waals surface area contributed by atoms with Crippen LogP contribution < -0.4 is 0 Å². The van der Waals surface area contributed by atoms with Gasteiger partial charge in [-0.2, -0.15) is 0 Å². The monoisotopic (exact) mass is 294 g/mol. The lowest BCUT2D eigenvalue weighted by Crippen LogP contribution is -2.28. The zero-order valence-electron chi connectivity index (χ0n) is 12.5. The first-order valence-corrected chi connectivity index (χ1v) is 7.73. The van der Waals surface area contributed by atoms with E-state index in [1.165, 1.54) is 0 Å². The van der Waals surface area contributed by atoms with Crippen molar-refractivity contribution in [3.8, 4) is 0 Å². The van der Waals surface area contributed by atoms with Crippen molar-refractivity contribution in [1.82, 2.24) is 19.4 Å². The lowest BCUT2D eigenvalue weighted by atomic mass is 10.3. The van der Waals surface area contributed by atoms with E-state index in [0.29, 0.717) is 11.9 Å². The van der Waals surface area contributed by atoms with E-state index in [-0.39, 0.29) is 0 Å². The number of halogens is 1. The molecule has 0 spiro atoms. The summed E-state index contributed by atoms with van der Waals surface area (Å²) in [6.07, 6.45) is 3.70. The zero-order valence-corrected chi connectivity index (χ0v) is 13.3. The number of rotatable bonds is 7. The molecule has 0 atom stereocenters. The standard InChI is InChI=1S/C15H23ClN4/c1-12(2)19(3)10-5-11-20-14(7-8-16)18-13-6-4-9-17-15(13)20/h4,6,9,12H,5,7-8,10-11H2,1-3H3. The molecule has 2 aromatic heterocycles. The second-order valence-corrected chi connectivity index (χ2v) is 5.77. The van der Waals surface area contributed by atoms with Crippen molar-refractivity contribution >= 4 is 22.8 Å². The van der Waals surface area contributed by atoms with Crippen molar-refractivity contribution in [3.05, 3.63) is 24.2 Å². The van der Waals surface area contributed by atoms with Crippen LogP contribution in [0.5, 0.6) is 0 Å². The molecule has 2 rings (SSSR count). The molecule has 0 aliphatic rings. The SMILES string of the molecule is CC(C)N(C)CCCn1c(CCCl)nc2cccnc21. The predicted molar refractivity (Wildman–Crippen MR) is 84.3 cm³/mol. The molecular formula is C15H23ClN4. The fraction of sp³-hybridized carbons (Fsp3) is 0.600. The average molecular weight is 295 g/mol. The summed E-state index contributed by atoms with van der Waals surface area (Å²) in [6, 6.07) is 4.52. The van der Waals surface area contributed by atoms with Crippen molar-refractivity contribution in [1.29, 1.82) is 0 Å². The van der Waals surface area contributed by atoms with Gasteiger partial charge in [-0.15, -0.1) is 11.6 Å². The van der Waals surface area contributed by atoms with E-state index in [4.69, 9.17) is 11.6 Å². The van der Waals surface area contributed by atoms with Gasteiger partial charge in [-0.25, -0.2) is 9.97 Å². The van der Waals surface area contributed by atoms with Crippen LogP contribution >= 0.6 is 11.6 Å². The van der Waals surface area contributed by atoms with Gasteiger partial charge in [0.25, 0.3) is 0 Å². The van der Waals surface area contributed by atoms with Gasteiger partial charge in [-0.1, -0.05) is 0 Å². The van der Waals surface area contributed by atoms with Crippen LogP contribution in [0.1, 0.15) is 26.1 Å². The van der Waals surface area contributed by atoms with Crippen LogP contribution in [0.15, 0.2) is 18.3 Å². The van der Waals surface area contributed by atoms with Crippen LogP contribution in [0.25, 0.3) is 11.2 Å². The molecular weight excluding hydrogens is 272 g/mol. The molecule has 0 aliphatic carbocycles. The molecule has 0 bridgehead atoms. The maximum Gasteiger partial charge on any atom is 0.159 e. The molecule has 5 heteroatoms. The summed E-state index contributed by atoms with van der Waals surface area (Å²) >= 11 is 5.88. The van der Waals surface area contributed by atoms with Gasteiger partial charge in [0.2, 0.25) is 0 Å². The Labute approximate surface area is 125 Å². The predicted octanol–water partition coefficient (Wildman–Crippen LogP) is 2.94. The van der Waals surface area contributed by atoms with E-state index >= 15 is 0 Å². The van der Waals surface area contributed by atoms with E-state index in [9.17, 15) is 0 Å². The molecule has 4 nitrogen and oxygen atoms in total. The second-order valence-electron chi connectivity index (χ2n) is 5.39. The summed E-state index contributed by atoms with van der Waals surface area (Å²) in [5.74, 6) is 1.63. The van der Waals surface area contributed by atoms with Crippen LogP contribution in [0, 0.1) is 0 Å². The van der Waals surface area contributed by atoms with Gasteiger partial charge in [-0.05, 0) is 46.0 Å². The van der Waals surface area contributed by atoms with Crippen molar-refractivity contribution in [3.63, 3.8) is 0 Å². The Morgan fingerprint density at radius 2 is 2.20 bits per heavy atom. The molecule has 2 heterocycles. The molecule has 0 aliphatic heterocycles. The van der Waals surface area contributed by atoms with Crippen LogP contribution in [0.4, 0.5) is 0 Å². The minimum absolute atomic E-state index is 0.579. The van der Waals surface area contributed by atoms with Crippen molar-refractivity contribution in [2.75, 3.05) is 19.5 Å². The largest absolute Gasteiger partial charge is 0.313 e. The van der Waals surface area contributed by atoms with Gasteiger partial charge in [0.1, 0.15) is 11.3 Å². The Hall–Kier alpha value is -1.13. The summed E-state index contributed by atoms with van der Waals surface area (Å²) in [5.41, 5.74) is 1.93. The third kappa shape index (κ3) is 3.49. The molecule has 0 radical (unpaired) electrons. The summed E-state index contributed by atoms with van der Waals surface area (Å²) in [5, 5.41) is 0. The van der Waals surface area contributed by atoms with Gasteiger partial charge in [0.05, 0.1) is 0 Å². The normalized spacial score (nSPS) is 11.9. The van der Waals surface area contributed by atoms with Crippen molar-refractivity contribution < 1.29 is 0 Å². The molecule has 20 heavy (non-hydrogen) atoms. The number of fused-ring (bicyclic) bond motifs is 1. The number of hydrogen-bond acceptors (Lipinski definition) is 3. The maximum absolute atomic E-state index is 5.88. The minimum atomic E-state index is 0.579. The highest BCUT2D eigenvalue weighted by Crippen LogP contribution is 2.15. The first kappa shape index (κ1) is 15.3. The van der Waals surface area contributed by atoms with E-state index in [1.807, 2.05) is 18.3 Å². The minimum Gasteiger partial charge on any atom is -0.313 e. The number of aryl methyl sites for hydroxylation is 2. The second kappa shape index (κ2) is 7.04. The summed E-state index contributed by atoms with van der Waals surface area (Å²) in [4.78, 5) is 11.5. The number of pyridine rings is 1. The van der Waals surface area contributed by atoms with Crippen molar-refractivity contribution in [2.24, 2.45) is 0 Å². The summed E-state index contributed by atoms with van der Waals surface area (Å²) in [7, 11) is 2.16. The fourth-order valence-electron chi connectivity index (χ4n) is 2.25. The lowest BCUT2D eigenvalue weighted by Gasteiger charge is -2.21. The highest BCUT2D eigenvalue weighted by atomic mass is 35.5. The fourth-order valence-corrected chi connectivity index (χ4v) is 2.42. The van der Waals surface area contributed by atoms with Crippen LogP contribution in [0.2, 0.25) is 0 Å². The van der Waals surface area contributed by atoms with Gasteiger partial charge >= 0.3 is 0 Å². The Bertz CT molecular complexity index is 550. The van der Waals surface area contributed by atoms with Crippen LogP contribution in [-0.2, 0) is 13.0 Å². The Morgan fingerprint density at radius 3 is 2.90 bits per heavy atom. The number of imidazole rings is 1. The molecule has 0 amide bonds. The first-order chi connectivity index (χ1) is 9.63. The highest BCUT2D eigenvalue weighted by Gasteiger charge is 2.11. The number of aromatic nitrogens is 3. The summed E-state index contributed by atoms with van der Waals surface area (Å²) < 4.78 is 2.21. The molecule has 0 saturated carbocycles. The zero-order chi connectivity index (χ0) is 14.5. The number of hydrogen-bond donors (Lipinski definition) is 0. The van der Waals surface area contributed by atoms with Crippen molar-refractivity contribution in [2.45, 2.75) is 39.3 Å². The Morgan fingerprint density at radius 1 is 1.40 bits per heavy atom. The average Bonchev–Trinajstić information content (AvgIpc) is 2.77. The number of alkyl halides is 1. The molecule has 0 unspecified atom stereocenters. The molecule has 0 N–H and O–H groups in total. The molecule has 0 saturated heterocycles. The quantitative estimate of drug-likeness (QED) is 0.736.